The Morgan fingerprint density at radius 2 is 2.57 bits per heavy atom. The maximum absolute atomic E-state index is 5.39. The van der Waals surface area contributed by atoms with Crippen molar-refractivity contribution in [1.82, 2.24) is 0 Å². The second-order valence-corrected chi connectivity index (χ2v) is 1.83. The van der Waals surface area contributed by atoms with Gasteiger partial charge in [0, 0.05) is 0 Å². The van der Waals surface area contributed by atoms with Crippen molar-refractivity contribution in [3.05, 3.63) is 0 Å². The first-order chi connectivity index (χ1) is 3.33. The van der Waals surface area contributed by atoms with E-state index in [-0.39, 0.29) is 5.60 Å². The average molecular weight is 117 g/mol. The van der Waals surface area contributed by atoms with E-state index < -0.39 is 0 Å². The van der Waals surface area contributed by atoms with Gasteiger partial charge in [-0.1, -0.05) is 5.92 Å². The minimum Gasteiger partial charge on any atom is -0.355 e. The molecule has 1 aliphatic heterocycles. The normalized spacial score (nSPS) is 37.1. The molecule has 1 aliphatic rings. The van der Waals surface area contributed by atoms with Crippen LogP contribution in [0.3, 0.4) is 0 Å². The molecule has 0 amide bonds. The molecule has 1 fully saturated rings. The SMILES string of the molecule is C#CC1(CCl)CO1. The molecule has 0 saturated carbocycles. The summed E-state index contributed by atoms with van der Waals surface area (Å²) < 4.78 is 4.83. The summed E-state index contributed by atoms with van der Waals surface area (Å²) in [6.07, 6.45) is 5.02. The number of rotatable bonds is 1. The highest BCUT2D eigenvalue weighted by molar-refractivity contribution is 6.19. The van der Waals surface area contributed by atoms with E-state index in [9.17, 15) is 0 Å². The van der Waals surface area contributed by atoms with Gasteiger partial charge >= 0.3 is 0 Å². The molecule has 1 rings (SSSR count). The third-order valence-electron chi connectivity index (χ3n) is 0.972. The van der Waals surface area contributed by atoms with E-state index >= 15 is 0 Å². The van der Waals surface area contributed by atoms with Crippen LogP contribution in [0.1, 0.15) is 0 Å². The van der Waals surface area contributed by atoms with E-state index in [0.29, 0.717) is 12.5 Å². The Bertz CT molecular complexity index is 110. The van der Waals surface area contributed by atoms with Gasteiger partial charge in [-0.15, -0.1) is 18.0 Å². The number of terminal acetylenes is 1. The molecule has 0 N–H and O–H groups in total. The van der Waals surface area contributed by atoms with E-state index in [4.69, 9.17) is 22.8 Å². The first-order valence-electron chi connectivity index (χ1n) is 2.01. The summed E-state index contributed by atoms with van der Waals surface area (Å²) in [5, 5.41) is 0. The lowest BCUT2D eigenvalue weighted by Gasteiger charge is -1.90. The molecule has 0 aromatic heterocycles. The van der Waals surface area contributed by atoms with Crippen LogP contribution in [0.15, 0.2) is 0 Å². The molecule has 0 aliphatic carbocycles. The Hall–Kier alpha value is -0.190. The third-order valence-corrected chi connectivity index (χ3v) is 1.40. The first-order valence-corrected chi connectivity index (χ1v) is 2.54. The summed E-state index contributed by atoms with van der Waals surface area (Å²) in [4.78, 5) is 0. The van der Waals surface area contributed by atoms with Crippen molar-refractivity contribution >= 4 is 11.6 Å². The number of alkyl halides is 1. The maximum atomic E-state index is 5.39. The van der Waals surface area contributed by atoms with Crippen LogP contribution in [0, 0.1) is 12.3 Å². The van der Waals surface area contributed by atoms with Gasteiger partial charge in [-0.25, -0.2) is 0 Å². The van der Waals surface area contributed by atoms with Crippen LogP contribution < -0.4 is 0 Å². The smallest absolute Gasteiger partial charge is 0.165 e. The van der Waals surface area contributed by atoms with Crippen molar-refractivity contribution in [3.63, 3.8) is 0 Å². The Kier molecular flexibility index (Phi) is 0.989. The van der Waals surface area contributed by atoms with Gasteiger partial charge in [-0.3, -0.25) is 0 Å². The highest BCUT2D eigenvalue weighted by Gasteiger charge is 2.41. The molecule has 1 unspecified atom stereocenters. The van der Waals surface area contributed by atoms with Gasteiger partial charge in [0.25, 0.3) is 0 Å². The molecule has 0 aromatic rings. The Labute approximate surface area is 47.6 Å². The fourth-order valence-corrected chi connectivity index (χ4v) is 0.518. The Balaban J connectivity index is 2.47. The van der Waals surface area contributed by atoms with Crippen molar-refractivity contribution in [2.24, 2.45) is 0 Å². The zero-order valence-electron chi connectivity index (χ0n) is 3.78. The Morgan fingerprint density at radius 1 is 2.00 bits per heavy atom. The first kappa shape index (κ1) is 4.96. The summed E-state index contributed by atoms with van der Waals surface area (Å²) in [7, 11) is 0. The number of halogens is 1. The van der Waals surface area contributed by atoms with Crippen LogP contribution in [-0.2, 0) is 4.74 Å². The van der Waals surface area contributed by atoms with Crippen molar-refractivity contribution in [1.29, 1.82) is 0 Å². The van der Waals surface area contributed by atoms with Gasteiger partial charge in [0.15, 0.2) is 5.60 Å². The molecule has 0 bridgehead atoms. The zero-order chi connectivity index (χ0) is 5.33. The number of epoxide rings is 1. The van der Waals surface area contributed by atoms with Crippen LogP contribution >= 0.6 is 11.6 Å². The van der Waals surface area contributed by atoms with Gasteiger partial charge in [0.05, 0.1) is 12.5 Å². The monoisotopic (exact) mass is 116 g/mol. The standard InChI is InChI=1S/C5H5ClO/c1-2-5(3-6)4-7-5/h1H,3-4H2. The molecule has 0 spiro atoms. The summed E-state index contributed by atoms with van der Waals surface area (Å²) in [6.45, 7) is 0.632. The van der Waals surface area contributed by atoms with Gasteiger partial charge in [-0.2, -0.15) is 0 Å². The number of ether oxygens (including phenoxy) is 1. The Morgan fingerprint density at radius 3 is 2.57 bits per heavy atom. The largest absolute Gasteiger partial charge is 0.355 e. The van der Waals surface area contributed by atoms with Crippen LogP contribution in [0.4, 0.5) is 0 Å². The molecule has 1 saturated heterocycles. The lowest BCUT2D eigenvalue weighted by molar-refractivity contribution is 0.380. The van der Waals surface area contributed by atoms with Crippen LogP contribution in [0.2, 0.25) is 0 Å². The number of hydrogen-bond donors (Lipinski definition) is 0. The topological polar surface area (TPSA) is 12.5 Å². The van der Waals surface area contributed by atoms with Gasteiger partial charge in [0.1, 0.15) is 0 Å². The maximum Gasteiger partial charge on any atom is 0.165 e. The van der Waals surface area contributed by atoms with Gasteiger partial charge < -0.3 is 4.74 Å². The fourth-order valence-electron chi connectivity index (χ4n) is 0.286. The number of hydrogen-bond acceptors (Lipinski definition) is 1. The molecule has 2 heteroatoms. The van der Waals surface area contributed by atoms with E-state index in [0.717, 1.165) is 0 Å². The average Bonchev–Trinajstić information content (AvgIpc) is 2.46. The molecule has 1 heterocycles. The van der Waals surface area contributed by atoms with Crippen molar-refractivity contribution in [2.75, 3.05) is 12.5 Å². The molecular formula is C5H5ClO. The van der Waals surface area contributed by atoms with Crippen molar-refractivity contribution in [2.45, 2.75) is 5.60 Å². The van der Waals surface area contributed by atoms with Crippen molar-refractivity contribution in [3.8, 4) is 12.3 Å². The van der Waals surface area contributed by atoms with Crippen LogP contribution in [0.5, 0.6) is 0 Å². The molecule has 1 atom stereocenters. The minimum atomic E-state index is -0.373. The van der Waals surface area contributed by atoms with Gasteiger partial charge in [0.2, 0.25) is 0 Å². The van der Waals surface area contributed by atoms with E-state index in [1.165, 1.54) is 0 Å². The third kappa shape index (κ3) is 0.722. The molecule has 1 nitrogen and oxygen atoms in total. The second-order valence-electron chi connectivity index (χ2n) is 1.56. The summed E-state index contributed by atoms with van der Waals surface area (Å²) in [5.41, 5.74) is -0.373. The summed E-state index contributed by atoms with van der Waals surface area (Å²) >= 11 is 5.39. The highest BCUT2D eigenvalue weighted by atomic mass is 35.5. The zero-order valence-corrected chi connectivity index (χ0v) is 4.53. The van der Waals surface area contributed by atoms with Crippen LogP contribution in [0.25, 0.3) is 0 Å². The lowest BCUT2D eigenvalue weighted by Crippen LogP contribution is -2.07. The van der Waals surface area contributed by atoms with E-state index in [2.05, 4.69) is 5.92 Å². The van der Waals surface area contributed by atoms with E-state index in [1.807, 2.05) is 0 Å². The van der Waals surface area contributed by atoms with E-state index in [1.54, 1.807) is 0 Å². The van der Waals surface area contributed by atoms with Crippen molar-refractivity contribution < 1.29 is 4.74 Å². The summed E-state index contributed by atoms with van der Waals surface area (Å²) in [6, 6.07) is 0. The predicted molar refractivity (Wildman–Crippen MR) is 28.2 cm³/mol. The molecule has 0 radical (unpaired) electrons. The fraction of sp³-hybridized carbons (Fsp3) is 0.600. The predicted octanol–water partition coefficient (Wildman–Crippen LogP) is 0.627. The lowest BCUT2D eigenvalue weighted by atomic mass is 10.2. The molecule has 7 heavy (non-hydrogen) atoms. The second kappa shape index (κ2) is 1.40. The molecule has 0 aromatic carbocycles. The van der Waals surface area contributed by atoms with Crippen LogP contribution in [-0.4, -0.2) is 18.1 Å². The minimum absolute atomic E-state index is 0.373. The molecule has 38 valence electrons. The summed E-state index contributed by atoms with van der Waals surface area (Å²) in [5.74, 6) is 2.87. The van der Waals surface area contributed by atoms with Gasteiger partial charge in [-0.05, 0) is 0 Å². The molecular weight excluding hydrogens is 112 g/mol. The highest BCUT2D eigenvalue weighted by Crippen LogP contribution is 2.26. The quantitative estimate of drug-likeness (QED) is 0.278.